The van der Waals surface area contributed by atoms with E-state index >= 15 is 0 Å². The van der Waals surface area contributed by atoms with Gasteiger partial charge in [-0.25, -0.2) is 4.98 Å². The van der Waals surface area contributed by atoms with Crippen molar-refractivity contribution in [1.82, 2.24) is 10.3 Å². The van der Waals surface area contributed by atoms with E-state index in [2.05, 4.69) is 28.0 Å². The Labute approximate surface area is 110 Å². The van der Waals surface area contributed by atoms with E-state index in [4.69, 9.17) is 17.3 Å². The third kappa shape index (κ3) is 2.44. The number of nitrogens with one attached hydrogen (secondary N) is 1. The molecule has 0 fully saturated rings. The molecule has 2 aromatic rings. The summed E-state index contributed by atoms with van der Waals surface area (Å²) in [6.45, 7) is 2.09. The van der Waals surface area contributed by atoms with Crippen molar-refractivity contribution in [2.75, 3.05) is 12.8 Å². The Morgan fingerprint density at radius 3 is 2.76 bits per heavy atom. The predicted molar refractivity (Wildman–Crippen MR) is 73.6 cm³/mol. The van der Waals surface area contributed by atoms with E-state index in [1.54, 1.807) is 17.5 Å². The highest BCUT2D eigenvalue weighted by Gasteiger charge is 2.18. The molecule has 0 aliphatic heterocycles. The number of hydrogen-bond acceptors (Lipinski definition) is 4. The lowest BCUT2D eigenvalue weighted by atomic mass is 9.99. The second-order valence-electron chi connectivity index (χ2n) is 3.86. The van der Waals surface area contributed by atoms with Crippen LogP contribution in [0.15, 0.2) is 23.0 Å². The van der Waals surface area contributed by atoms with Crippen LogP contribution in [0.1, 0.15) is 22.7 Å². The van der Waals surface area contributed by atoms with Crippen molar-refractivity contribution >= 4 is 28.8 Å². The molecule has 1 unspecified atom stereocenters. The minimum absolute atomic E-state index is 0.0347. The number of aryl methyl sites for hydroxylation is 1. The Balaban J connectivity index is 2.49. The summed E-state index contributed by atoms with van der Waals surface area (Å²) in [5.41, 5.74) is 9.29. The monoisotopic (exact) mass is 267 g/mol. The van der Waals surface area contributed by atoms with E-state index in [1.165, 1.54) is 11.1 Å². The van der Waals surface area contributed by atoms with Gasteiger partial charge in [0.05, 0.1) is 11.1 Å². The summed E-state index contributed by atoms with van der Waals surface area (Å²) in [5, 5.41) is 8.10. The molecule has 3 nitrogen and oxygen atoms in total. The SMILES string of the molecule is CNC(c1cscc1C)c1cc(Cl)cnc1N. The van der Waals surface area contributed by atoms with Gasteiger partial charge in [-0.2, -0.15) is 11.3 Å². The molecule has 0 saturated heterocycles. The quantitative estimate of drug-likeness (QED) is 0.899. The highest BCUT2D eigenvalue weighted by atomic mass is 35.5. The van der Waals surface area contributed by atoms with Crippen LogP contribution in [0.3, 0.4) is 0 Å². The lowest BCUT2D eigenvalue weighted by Gasteiger charge is -2.18. The van der Waals surface area contributed by atoms with Crippen molar-refractivity contribution in [1.29, 1.82) is 0 Å². The van der Waals surface area contributed by atoms with Crippen LogP contribution >= 0.6 is 22.9 Å². The number of hydrogen-bond donors (Lipinski definition) is 2. The van der Waals surface area contributed by atoms with Crippen LogP contribution in [0.2, 0.25) is 5.02 Å². The number of rotatable bonds is 3. The first-order valence-electron chi connectivity index (χ1n) is 5.24. The van der Waals surface area contributed by atoms with Gasteiger partial charge in [0, 0.05) is 11.8 Å². The molecule has 0 aliphatic rings. The van der Waals surface area contributed by atoms with Crippen molar-refractivity contribution in [3.8, 4) is 0 Å². The van der Waals surface area contributed by atoms with Gasteiger partial charge >= 0.3 is 0 Å². The normalized spacial score (nSPS) is 12.6. The van der Waals surface area contributed by atoms with Gasteiger partial charge in [0.1, 0.15) is 5.82 Å². The average molecular weight is 268 g/mol. The topological polar surface area (TPSA) is 50.9 Å². The molecular weight excluding hydrogens is 254 g/mol. The largest absolute Gasteiger partial charge is 0.383 e. The molecule has 2 heterocycles. The second-order valence-corrected chi connectivity index (χ2v) is 5.04. The molecule has 0 aromatic carbocycles. The molecule has 90 valence electrons. The van der Waals surface area contributed by atoms with Gasteiger partial charge in [-0.05, 0) is 41.9 Å². The van der Waals surface area contributed by atoms with Crippen LogP contribution < -0.4 is 11.1 Å². The highest BCUT2D eigenvalue weighted by Crippen LogP contribution is 2.31. The van der Waals surface area contributed by atoms with Crippen LogP contribution in [0.5, 0.6) is 0 Å². The van der Waals surface area contributed by atoms with Gasteiger partial charge < -0.3 is 11.1 Å². The number of nitrogen functional groups attached to an aromatic ring is 1. The maximum absolute atomic E-state index is 5.98. The molecule has 1 atom stereocenters. The molecule has 5 heteroatoms. The molecule has 0 radical (unpaired) electrons. The van der Waals surface area contributed by atoms with E-state index in [0.717, 1.165) is 5.56 Å². The molecular formula is C12H14ClN3S. The first-order chi connectivity index (χ1) is 8.13. The number of anilines is 1. The standard InChI is InChI=1S/C12H14ClN3S/c1-7-5-17-6-10(7)11(15-2)9-3-8(13)4-16-12(9)14/h3-6,11,15H,1-2H3,(H2,14,16). The van der Waals surface area contributed by atoms with Gasteiger partial charge in [-0.15, -0.1) is 0 Å². The Bertz CT molecular complexity index is 524. The summed E-state index contributed by atoms with van der Waals surface area (Å²) >= 11 is 7.66. The zero-order valence-corrected chi connectivity index (χ0v) is 11.3. The van der Waals surface area contributed by atoms with Gasteiger partial charge in [0.15, 0.2) is 0 Å². The van der Waals surface area contributed by atoms with Crippen molar-refractivity contribution in [3.63, 3.8) is 0 Å². The van der Waals surface area contributed by atoms with E-state index < -0.39 is 0 Å². The Morgan fingerprint density at radius 2 is 2.18 bits per heavy atom. The first-order valence-corrected chi connectivity index (χ1v) is 6.56. The fraction of sp³-hybridized carbons (Fsp3) is 0.250. The zero-order valence-electron chi connectivity index (χ0n) is 9.70. The Kier molecular flexibility index (Phi) is 3.66. The van der Waals surface area contributed by atoms with Crippen LogP contribution in [-0.2, 0) is 0 Å². The van der Waals surface area contributed by atoms with Gasteiger partial charge in [0.25, 0.3) is 0 Å². The Hall–Kier alpha value is -1.10. The van der Waals surface area contributed by atoms with Crippen LogP contribution in [0.25, 0.3) is 0 Å². The summed E-state index contributed by atoms with van der Waals surface area (Å²) in [6.07, 6.45) is 1.56. The van der Waals surface area contributed by atoms with Crippen LogP contribution in [-0.4, -0.2) is 12.0 Å². The number of halogens is 1. The van der Waals surface area contributed by atoms with E-state index in [0.29, 0.717) is 10.8 Å². The van der Waals surface area contributed by atoms with Gasteiger partial charge in [0.2, 0.25) is 0 Å². The minimum Gasteiger partial charge on any atom is -0.383 e. The fourth-order valence-corrected chi connectivity index (χ4v) is 2.88. The molecule has 0 amide bonds. The zero-order chi connectivity index (χ0) is 12.4. The average Bonchev–Trinajstić information content (AvgIpc) is 2.71. The summed E-state index contributed by atoms with van der Waals surface area (Å²) in [4.78, 5) is 4.10. The van der Waals surface area contributed by atoms with Crippen LogP contribution in [0, 0.1) is 6.92 Å². The maximum atomic E-state index is 5.98. The lowest BCUT2D eigenvalue weighted by molar-refractivity contribution is 0.690. The van der Waals surface area contributed by atoms with Crippen LogP contribution in [0.4, 0.5) is 5.82 Å². The number of aromatic nitrogens is 1. The number of nitrogens with zero attached hydrogens (tertiary/aromatic N) is 1. The smallest absolute Gasteiger partial charge is 0.128 e. The van der Waals surface area contributed by atoms with E-state index in [-0.39, 0.29) is 6.04 Å². The number of pyridine rings is 1. The van der Waals surface area contributed by atoms with E-state index in [9.17, 15) is 0 Å². The Morgan fingerprint density at radius 1 is 1.41 bits per heavy atom. The van der Waals surface area contributed by atoms with Crippen molar-refractivity contribution in [2.45, 2.75) is 13.0 Å². The molecule has 0 spiro atoms. The third-order valence-electron chi connectivity index (χ3n) is 2.72. The maximum Gasteiger partial charge on any atom is 0.128 e. The number of nitrogens with two attached hydrogens (primary N) is 1. The molecule has 0 bridgehead atoms. The predicted octanol–water partition coefficient (Wildman–Crippen LogP) is 3.00. The van der Waals surface area contributed by atoms with Gasteiger partial charge in [-0.1, -0.05) is 11.6 Å². The summed E-state index contributed by atoms with van der Waals surface area (Å²) in [7, 11) is 1.90. The van der Waals surface area contributed by atoms with E-state index in [1.807, 2.05) is 13.1 Å². The summed E-state index contributed by atoms with van der Waals surface area (Å²) in [5.74, 6) is 0.513. The molecule has 0 aliphatic carbocycles. The van der Waals surface area contributed by atoms with Crippen molar-refractivity contribution < 1.29 is 0 Å². The minimum atomic E-state index is 0.0347. The molecule has 2 rings (SSSR count). The number of thiophene rings is 1. The van der Waals surface area contributed by atoms with Gasteiger partial charge in [-0.3, -0.25) is 0 Å². The fourth-order valence-electron chi connectivity index (χ4n) is 1.84. The third-order valence-corrected chi connectivity index (χ3v) is 3.81. The summed E-state index contributed by atoms with van der Waals surface area (Å²) < 4.78 is 0. The highest BCUT2D eigenvalue weighted by molar-refractivity contribution is 7.08. The summed E-state index contributed by atoms with van der Waals surface area (Å²) in [6, 6.07) is 1.90. The first kappa shape index (κ1) is 12.4. The van der Waals surface area contributed by atoms with Crippen molar-refractivity contribution in [2.24, 2.45) is 0 Å². The molecule has 0 saturated carbocycles. The molecule has 3 N–H and O–H groups in total. The molecule has 2 aromatic heterocycles. The molecule has 17 heavy (non-hydrogen) atoms. The lowest BCUT2D eigenvalue weighted by Crippen LogP contribution is -2.19. The van der Waals surface area contributed by atoms with Crippen molar-refractivity contribution in [3.05, 3.63) is 44.7 Å². The second kappa shape index (κ2) is 5.04.